The average Bonchev–Trinajstić information content (AvgIpc) is 3.17. The lowest BCUT2D eigenvalue weighted by Crippen LogP contribution is -2.63. The second-order valence-electron chi connectivity index (χ2n) is 13.0. The van der Waals surface area contributed by atoms with Crippen molar-refractivity contribution in [2.45, 2.75) is 55.1 Å². The Morgan fingerprint density at radius 3 is 2.10 bits per heavy atom. The van der Waals surface area contributed by atoms with Crippen molar-refractivity contribution >= 4 is 45.0 Å². The van der Waals surface area contributed by atoms with Gasteiger partial charge in [0, 0.05) is 37.8 Å². The molecule has 4 aromatic rings. The van der Waals surface area contributed by atoms with E-state index in [9.17, 15) is 13.0 Å². The van der Waals surface area contributed by atoms with Gasteiger partial charge in [-0.15, -0.1) is 11.6 Å². The molecule has 13 heteroatoms. The standard InChI is InChI=1S/C39H37ClN6O5S/c1-3-38(40)20-19-34-30(25-38)46(29-15-7-10-18-33(29)51-34)39(37-42-21-11-22-43-37,26-35(52(47,48)49)36-41-23-12-24-44(36)4-2)45-27-13-5-8-16-31(27)50-32-17-9-6-14-28(32)45/h5-19,21-25,35-36H,3-4,20,26H2,1-2H3,(H,47,48,49). The van der Waals surface area contributed by atoms with Crippen molar-refractivity contribution in [3.63, 3.8) is 0 Å². The third-order valence-electron chi connectivity index (χ3n) is 10.0. The first-order valence-electron chi connectivity index (χ1n) is 17.2. The molecule has 4 heterocycles. The number of halogens is 1. The first-order valence-corrected chi connectivity index (χ1v) is 19.1. The van der Waals surface area contributed by atoms with E-state index in [1.165, 1.54) is 0 Å². The Kier molecular flexibility index (Phi) is 8.56. The van der Waals surface area contributed by atoms with Crippen LogP contribution in [0.1, 0.15) is 38.9 Å². The monoisotopic (exact) mass is 736 g/mol. The molecule has 8 rings (SSSR count). The average molecular weight is 737 g/mol. The number of aliphatic imine (C=N–C) groups is 1. The van der Waals surface area contributed by atoms with Crippen molar-refractivity contribution in [1.82, 2.24) is 14.9 Å². The molecule has 0 bridgehead atoms. The van der Waals surface area contributed by atoms with E-state index in [0.29, 0.717) is 65.2 Å². The third-order valence-corrected chi connectivity index (χ3v) is 11.7. The highest BCUT2D eigenvalue weighted by Crippen LogP contribution is 2.59. The number of aromatic nitrogens is 2. The fourth-order valence-electron chi connectivity index (χ4n) is 7.52. The van der Waals surface area contributed by atoms with Crippen LogP contribution in [-0.4, -0.2) is 56.9 Å². The van der Waals surface area contributed by atoms with Gasteiger partial charge in [0.25, 0.3) is 10.1 Å². The van der Waals surface area contributed by atoms with E-state index < -0.39 is 32.1 Å². The van der Waals surface area contributed by atoms with Crippen LogP contribution < -0.4 is 19.3 Å². The molecule has 0 saturated carbocycles. The molecule has 4 aliphatic rings. The molecule has 0 saturated heterocycles. The largest absolute Gasteiger partial charge is 0.453 e. The number of ether oxygens (including phenoxy) is 2. The summed E-state index contributed by atoms with van der Waals surface area (Å²) >= 11 is 7.32. The summed E-state index contributed by atoms with van der Waals surface area (Å²) in [6.07, 6.45) is 12.2. The summed E-state index contributed by atoms with van der Waals surface area (Å²) in [5.74, 6) is 2.42. The number of rotatable bonds is 9. The molecule has 4 atom stereocenters. The van der Waals surface area contributed by atoms with Crippen LogP contribution in [0.3, 0.4) is 0 Å². The van der Waals surface area contributed by atoms with Gasteiger partial charge in [-0.1, -0.05) is 43.3 Å². The van der Waals surface area contributed by atoms with E-state index in [1.807, 2.05) is 109 Å². The summed E-state index contributed by atoms with van der Waals surface area (Å²) in [4.78, 5) is 19.6. The Morgan fingerprint density at radius 2 is 1.50 bits per heavy atom. The van der Waals surface area contributed by atoms with E-state index in [1.54, 1.807) is 41.9 Å². The Morgan fingerprint density at radius 1 is 0.904 bits per heavy atom. The van der Waals surface area contributed by atoms with Crippen molar-refractivity contribution in [3.05, 3.63) is 133 Å². The summed E-state index contributed by atoms with van der Waals surface area (Å²) in [7, 11) is -4.84. The summed E-state index contributed by atoms with van der Waals surface area (Å²) in [6, 6.07) is 24.4. The third kappa shape index (κ3) is 5.62. The van der Waals surface area contributed by atoms with Gasteiger partial charge in [0.15, 0.2) is 28.7 Å². The fraction of sp³-hybridized carbons (Fsp3) is 0.256. The highest BCUT2D eigenvalue weighted by atomic mass is 35.5. The lowest BCUT2D eigenvalue weighted by atomic mass is 9.87. The highest BCUT2D eigenvalue weighted by Gasteiger charge is 2.58. The minimum Gasteiger partial charge on any atom is -0.453 e. The summed E-state index contributed by atoms with van der Waals surface area (Å²) in [6.45, 7) is 4.37. The summed E-state index contributed by atoms with van der Waals surface area (Å²) < 4.78 is 52.4. The predicted octanol–water partition coefficient (Wildman–Crippen LogP) is 7.92. The quantitative estimate of drug-likeness (QED) is 0.134. The van der Waals surface area contributed by atoms with Crippen LogP contribution in [0.15, 0.2) is 132 Å². The molecule has 3 aliphatic heterocycles. The van der Waals surface area contributed by atoms with Crippen molar-refractivity contribution < 1.29 is 22.4 Å². The van der Waals surface area contributed by atoms with Gasteiger partial charge < -0.3 is 24.2 Å². The van der Waals surface area contributed by atoms with Crippen LogP contribution in [0.4, 0.5) is 17.1 Å². The van der Waals surface area contributed by atoms with Gasteiger partial charge in [-0.3, -0.25) is 9.55 Å². The first-order chi connectivity index (χ1) is 25.2. The number of hydrogen-bond acceptors (Lipinski definition) is 10. The number of nitrogens with zero attached hydrogens (tertiary/aromatic N) is 6. The Labute approximate surface area is 307 Å². The Balaban J connectivity index is 1.53. The number of anilines is 3. The lowest BCUT2D eigenvalue weighted by Gasteiger charge is -2.56. The van der Waals surface area contributed by atoms with E-state index >= 15 is 0 Å². The van der Waals surface area contributed by atoms with Crippen LogP contribution in [0.5, 0.6) is 17.2 Å². The van der Waals surface area contributed by atoms with E-state index in [0.717, 1.165) is 0 Å². The van der Waals surface area contributed by atoms with Crippen molar-refractivity contribution in [2.24, 2.45) is 4.99 Å². The molecule has 0 radical (unpaired) electrons. The van der Waals surface area contributed by atoms with E-state index in [4.69, 9.17) is 31.0 Å². The molecule has 1 N–H and O–H groups in total. The molecule has 11 nitrogen and oxygen atoms in total. The molecule has 1 aliphatic carbocycles. The van der Waals surface area contributed by atoms with Gasteiger partial charge in [-0.25, -0.2) is 9.97 Å². The summed E-state index contributed by atoms with van der Waals surface area (Å²) in [5, 5.41) is -1.50. The van der Waals surface area contributed by atoms with Crippen LogP contribution in [0.2, 0.25) is 0 Å². The molecular weight excluding hydrogens is 700 g/mol. The SMILES string of the molecule is CCN1C=CC=NC1C(CC(c1ncccn1)(N1C2=CC(Cl)(CC)CC=C2Oc2ccccc21)N1c2ccccc2Oc2ccccc21)S(=O)(=O)O. The molecule has 4 unspecified atom stereocenters. The van der Waals surface area contributed by atoms with Crippen LogP contribution in [-0.2, 0) is 15.8 Å². The number of allylic oxidation sites excluding steroid dienone is 3. The molecule has 266 valence electrons. The van der Waals surface area contributed by atoms with Crippen LogP contribution in [0.25, 0.3) is 0 Å². The minimum atomic E-state index is -4.84. The van der Waals surface area contributed by atoms with E-state index in [-0.39, 0.29) is 12.2 Å². The van der Waals surface area contributed by atoms with Crippen LogP contribution >= 0.6 is 11.6 Å². The summed E-state index contributed by atoms with van der Waals surface area (Å²) in [5.41, 5.74) is 0.803. The van der Waals surface area contributed by atoms with Gasteiger partial charge in [-0.2, -0.15) is 8.42 Å². The maximum Gasteiger partial charge on any atom is 0.271 e. The van der Waals surface area contributed by atoms with Crippen molar-refractivity contribution in [1.29, 1.82) is 0 Å². The highest BCUT2D eigenvalue weighted by molar-refractivity contribution is 7.86. The topological polar surface area (TPSA) is 121 Å². The Hall–Kier alpha value is -5.17. The zero-order valence-electron chi connectivity index (χ0n) is 28.6. The van der Waals surface area contributed by atoms with Gasteiger partial charge in [0.05, 0.1) is 27.6 Å². The number of alkyl halides is 1. The zero-order valence-corrected chi connectivity index (χ0v) is 30.2. The van der Waals surface area contributed by atoms with Crippen molar-refractivity contribution in [3.8, 4) is 17.2 Å². The normalized spacial score (nSPS) is 22.0. The van der Waals surface area contributed by atoms with Crippen LogP contribution in [0, 0.1) is 0 Å². The van der Waals surface area contributed by atoms with E-state index in [2.05, 4.69) is 4.99 Å². The second-order valence-corrected chi connectivity index (χ2v) is 15.4. The van der Waals surface area contributed by atoms with Gasteiger partial charge in [0.2, 0.25) is 0 Å². The molecule has 0 spiro atoms. The smallest absolute Gasteiger partial charge is 0.271 e. The molecule has 0 amide bonds. The molecule has 52 heavy (non-hydrogen) atoms. The number of fused-ring (bicyclic) bond motifs is 4. The predicted molar refractivity (Wildman–Crippen MR) is 202 cm³/mol. The van der Waals surface area contributed by atoms with Gasteiger partial charge in [0.1, 0.15) is 17.2 Å². The Bertz CT molecular complexity index is 2200. The van der Waals surface area contributed by atoms with Crippen molar-refractivity contribution in [2.75, 3.05) is 16.3 Å². The zero-order chi connectivity index (χ0) is 36.1. The minimum absolute atomic E-state index is 0.257. The number of hydrogen-bond donors (Lipinski definition) is 1. The molecule has 0 fully saturated rings. The number of para-hydroxylation sites is 6. The van der Waals surface area contributed by atoms with Gasteiger partial charge >= 0.3 is 0 Å². The number of benzene rings is 3. The maximum absolute atomic E-state index is 14.0. The second kappa shape index (κ2) is 13.1. The molecular formula is C39H37ClN6O5S. The molecule has 1 aromatic heterocycles. The maximum atomic E-state index is 14.0. The van der Waals surface area contributed by atoms with Gasteiger partial charge in [-0.05, 0) is 80.5 Å². The first kappa shape index (κ1) is 33.9. The molecule has 3 aromatic carbocycles. The fourth-order valence-corrected chi connectivity index (χ4v) is 8.68. The lowest BCUT2D eigenvalue weighted by molar-refractivity contribution is 0.236.